The van der Waals surface area contributed by atoms with Gasteiger partial charge in [0.1, 0.15) is 11.5 Å². The van der Waals surface area contributed by atoms with Crippen molar-refractivity contribution in [1.82, 2.24) is 0 Å². The Morgan fingerprint density at radius 1 is 0.773 bits per heavy atom. The predicted molar refractivity (Wildman–Crippen MR) is 95.2 cm³/mol. The molecule has 0 saturated carbocycles. The Balaban J connectivity index is 2.34. The van der Waals surface area contributed by atoms with Crippen LogP contribution in [0.2, 0.25) is 0 Å². The first kappa shape index (κ1) is 16.6. The van der Waals surface area contributed by atoms with Crippen LogP contribution in [-0.4, -0.2) is 0 Å². The van der Waals surface area contributed by atoms with Crippen LogP contribution in [0.1, 0.15) is 47.2 Å². The lowest BCUT2D eigenvalue weighted by molar-refractivity contribution is 0.473. The van der Waals surface area contributed by atoms with E-state index in [0.29, 0.717) is 5.92 Å². The summed E-state index contributed by atoms with van der Waals surface area (Å²) < 4.78 is 6.22. The molecule has 2 aromatic carbocycles. The van der Waals surface area contributed by atoms with Gasteiger partial charge >= 0.3 is 0 Å². The molecule has 2 rings (SSSR count). The first-order chi connectivity index (χ1) is 10.3. The Labute approximate surface area is 135 Å². The minimum atomic E-state index is 0.674. The van der Waals surface area contributed by atoms with Crippen molar-refractivity contribution in [3.8, 4) is 11.5 Å². The number of benzene rings is 2. The molecule has 22 heavy (non-hydrogen) atoms. The van der Waals surface area contributed by atoms with Crippen LogP contribution in [0.5, 0.6) is 11.5 Å². The zero-order chi connectivity index (χ0) is 16.4. The van der Waals surface area contributed by atoms with Crippen LogP contribution in [0.3, 0.4) is 0 Å². The van der Waals surface area contributed by atoms with E-state index in [1.54, 1.807) is 0 Å². The van der Waals surface area contributed by atoms with Crippen LogP contribution in [0, 0.1) is 40.5 Å². The molecule has 0 radical (unpaired) electrons. The number of hydrogen-bond donors (Lipinski definition) is 0. The molecule has 0 heterocycles. The monoisotopic (exact) mass is 296 g/mol. The molecule has 0 bridgehead atoms. The summed E-state index contributed by atoms with van der Waals surface area (Å²) in [6.07, 6.45) is 1.12. The van der Waals surface area contributed by atoms with E-state index in [9.17, 15) is 0 Å². The zero-order valence-corrected chi connectivity index (χ0v) is 15.0. The summed E-state index contributed by atoms with van der Waals surface area (Å²) in [6.45, 7) is 15.2. The molecule has 2 aromatic rings. The normalized spacial score (nSPS) is 11.1. The number of rotatable bonds is 4. The number of ether oxygens (including phenoxy) is 1. The standard InChI is InChI=1S/C21H28O/c1-13(2)8-19-9-16(5)21(17(6)10-19)22-20-11-14(3)18(7)15(4)12-20/h9-13H,8H2,1-7H3. The minimum Gasteiger partial charge on any atom is -0.457 e. The van der Waals surface area contributed by atoms with Crippen molar-refractivity contribution < 1.29 is 4.74 Å². The van der Waals surface area contributed by atoms with Gasteiger partial charge < -0.3 is 4.74 Å². The van der Waals surface area contributed by atoms with Gasteiger partial charge in [0.15, 0.2) is 0 Å². The summed E-state index contributed by atoms with van der Waals surface area (Å²) in [7, 11) is 0. The van der Waals surface area contributed by atoms with Gasteiger partial charge in [-0.3, -0.25) is 0 Å². The topological polar surface area (TPSA) is 9.23 Å². The molecule has 0 spiro atoms. The lowest BCUT2D eigenvalue weighted by atomic mass is 9.98. The third-order valence-electron chi connectivity index (χ3n) is 4.28. The van der Waals surface area contributed by atoms with Gasteiger partial charge in [-0.1, -0.05) is 26.0 Å². The number of aryl methyl sites for hydroxylation is 4. The maximum atomic E-state index is 6.22. The summed E-state index contributed by atoms with van der Waals surface area (Å²) in [4.78, 5) is 0. The fraction of sp³-hybridized carbons (Fsp3) is 0.429. The average Bonchev–Trinajstić information content (AvgIpc) is 2.39. The van der Waals surface area contributed by atoms with Gasteiger partial charge in [-0.2, -0.15) is 0 Å². The third-order valence-corrected chi connectivity index (χ3v) is 4.28. The molecule has 0 saturated heterocycles. The molecule has 0 N–H and O–H groups in total. The van der Waals surface area contributed by atoms with Crippen molar-refractivity contribution in [2.75, 3.05) is 0 Å². The van der Waals surface area contributed by atoms with E-state index in [1.165, 1.54) is 33.4 Å². The van der Waals surface area contributed by atoms with E-state index < -0.39 is 0 Å². The fourth-order valence-electron chi connectivity index (χ4n) is 2.96. The molecule has 0 aliphatic heterocycles. The molecule has 0 aliphatic carbocycles. The van der Waals surface area contributed by atoms with Crippen LogP contribution < -0.4 is 4.74 Å². The molecule has 118 valence electrons. The predicted octanol–water partition coefficient (Wildman–Crippen LogP) is 6.22. The lowest BCUT2D eigenvalue weighted by Gasteiger charge is -2.16. The van der Waals surface area contributed by atoms with E-state index in [0.717, 1.165) is 17.9 Å². The Bertz CT molecular complexity index is 634. The summed E-state index contributed by atoms with van der Waals surface area (Å²) >= 11 is 0. The summed E-state index contributed by atoms with van der Waals surface area (Å²) in [5.41, 5.74) is 7.73. The SMILES string of the molecule is Cc1cc(Oc2c(C)cc(CC(C)C)cc2C)cc(C)c1C. The van der Waals surface area contributed by atoms with Gasteiger partial charge in [-0.05, 0) is 92.5 Å². The van der Waals surface area contributed by atoms with Gasteiger partial charge in [-0.15, -0.1) is 0 Å². The highest BCUT2D eigenvalue weighted by atomic mass is 16.5. The highest BCUT2D eigenvalue weighted by Crippen LogP contribution is 2.32. The maximum absolute atomic E-state index is 6.22. The van der Waals surface area contributed by atoms with Crippen LogP contribution >= 0.6 is 0 Å². The van der Waals surface area contributed by atoms with Gasteiger partial charge in [0.05, 0.1) is 0 Å². The van der Waals surface area contributed by atoms with E-state index in [-0.39, 0.29) is 0 Å². The smallest absolute Gasteiger partial charge is 0.133 e. The van der Waals surface area contributed by atoms with Crippen LogP contribution in [-0.2, 0) is 6.42 Å². The molecule has 0 aliphatic rings. The maximum Gasteiger partial charge on any atom is 0.133 e. The van der Waals surface area contributed by atoms with Crippen LogP contribution in [0.15, 0.2) is 24.3 Å². The quantitative estimate of drug-likeness (QED) is 0.650. The van der Waals surface area contributed by atoms with Gasteiger partial charge in [-0.25, -0.2) is 0 Å². The van der Waals surface area contributed by atoms with Gasteiger partial charge in [0, 0.05) is 0 Å². The van der Waals surface area contributed by atoms with E-state index in [2.05, 4.69) is 72.7 Å². The second-order valence-corrected chi connectivity index (χ2v) is 6.94. The number of hydrogen-bond acceptors (Lipinski definition) is 1. The molecular weight excluding hydrogens is 268 g/mol. The molecule has 0 aromatic heterocycles. The molecule has 1 heteroatoms. The van der Waals surface area contributed by atoms with Gasteiger partial charge in [0.2, 0.25) is 0 Å². The van der Waals surface area contributed by atoms with Crippen LogP contribution in [0.25, 0.3) is 0 Å². The highest BCUT2D eigenvalue weighted by molar-refractivity contribution is 5.48. The Morgan fingerprint density at radius 3 is 1.73 bits per heavy atom. The average molecular weight is 296 g/mol. The Kier molecular flexibility index (Phi) is 4.95. The summed E-state index contributed by atoms with van der Waals surface area (Å²) in [5.74, 6) is 2.60. The molecule has 0 amide bonds. The van der Waals surface area contributed by atoms with Crippen molar-refractivity contribution in [2.24, 2.45) is 5.92 Å². The van der Waals surface area contributed by atoms with E-state index in [1.807, 2.05) is 0 Å². The Hall–Kier alpha value is -1.76. The molecule has 1 nitrogen and oxygen atoms in total. The van der Waals surface area contributed by atoms with Crippen molar-refractivity contribution in [3.63, 3.8) is 0 Å². The molecule has 0 unspecified atom stereocenters. The third kappa shape index (κ3) is 3.71. The Morgan fingerprint density at radius 2 is 1.27 bits per heavy atom. The highest BCUT2D eigenvalue weighted by Gasteiger charge is 2.10. The first-order valence-electron chi connectivity index (χ1n) is 8.13. The van der Waals surface area contributed by atoms with Gasteiger partial charge in [0.25, 0.3) is 0 Å². The first-order valence-corrected chi connectivity index (χ1v) is 8.13. The second kappa shape index (κ2) is 6.56. The van der Waals surface area contributed by atoms with Crippen LogP contribution in [0.4, 0.5) is 0 Å². The summed E-state index contributed by atoms with van der Waals surface area (Å²) in [6, 6.07) is 8.78. The van der Waals surface area contributed by atoms with Crippen molar-refractivity contribution >= 4 is 0 Å². The largest absolute Gasteiger partial charge is 0.457 e. The second-order valence-electron chi connectivity index (χ2n) is 6.94. The molecule has 0 atom stereocenters. The zero-order valence-electron chi connectivity index (χ0n) is 15.0. The summed E-state index contributed by atoms with van der Waals surface area (Å²) in [5, 5.41) is 0. The van der Waals surface area contributed by atoms with E-state index in [4.69, 9.17) is 4.74 Å². The van der Waals surface area contributed by atoms with Crippen molar-refractivity contribution in [2.45, 2.75) is 54.9 Å². The fourth-order valence-corrected chi connectivity index (χ4v) is 2.96. The van der Waals surface area contributed by atoms with Crippen molar-refractivity contribution in [3.05, 3.63) is 57.6 Å². The van der Waals surface area contributed by atoms with E-state index >= 15 is 0 Å². The molecular formula is C21H28O. The van der Waals surface area contributed by atoms with Crippen molar-refractivity contribution in [1.29, 1.82) is 0 Å². The minimum absolute atomic E-state index is 0.674. The molecule has 0 fully saturated rings. The lowest BCUT2D eigenvalue weighted by Crippen LogP contribution is -1.99.